The number of nitrogens with zero attached hydrogens (tertiary/aromatic N) is 5. The van der Waals surface area contributed by atoms with Gasteiger partial charge in [0, 0.05) is 30.7 Å². The average molecular weight is 395 g/mol. The van der Waals surface area contributed by atoms with Crippen LogP contribution in [0.2, 0.25) is 0 Å². The predicted octanol–water partition coefficient (Wildman–Crippen LogP) is 2.14. The summed E-state index contributed by atoms with van der Waals surface area (Å²) in [4.78, 5) is 18.8. The monoisotopic (exact) mass is 394 g/mol. The maximum Gasteiger partial charge on any atom is 0.276 e. The Labute approximate surface area is 163 Å². The van der Waals surface area contributed by atoms with E-state index in [9.17, 15) is 4.79 Å². The van der Waals surface area contributed by atoms with Gasteiger partial charge in [-0.25, -0.2) is 4.68 Å². The SMILES string of the molecule is Cc1c(C(=O)N2CC[C@@H](N)C2)nnn1-c1cccc2cccnc12.Cl.Cl. The molecular weight excluding hydrogens is 375 g/mol. The van der Waals surface area contributed by atoms with Crippen molar-refractivity contribution in [3.8, 4) is 5.69 Å². The molecule has 1 saturated heterocycles. The average Bonchev–Trinajstić information content (AvgIpc) is 3.20. The molecule has 1 aliphatic heterocycles. The standard InChI is InChI=1S/C17H18N6O.2ClH/c1-11-15(17(24)22-9-7-13(18)10-22)20-21-23(11)14-6-2-4-12-5-3-8-19-16(12)14;;/h2-6,8,13H,7,9-10,18H2,1H3;2*1H/t13-;;/m1../s1. The van der Waals surface area contributed by atoms with Gasteiger partial charge in [-0.15, -0.1) is 29.9 Å². The Morgan fingerprint density at radius 2 is 2.00 bits per heavy atom. The topological polar surface area (TPSA) is 89.9 Å². The third kappa shape index (κ3) is 3.38. The fourth-order valence-corrected chi connectivity index (χ4v) is 3.14. The fraction of sp³-hybridized carbons (Fsp3) is 0.294. The fourth-order valence-electron chi connectivity index (χ4n) is 3.14. The van der Waals surface area contributed by atoms with Crippen LogP contribution in [0, 0.1) is 6.92 Å². The maximum absolute atomic E-state index is 12.7. The van der Waals surface area contributed by atoms with Crippen LogP contribution in [0.15, 0.2) is 36.5 Å². The van der Waals surface area contributed by atoms with Gasteiger partial charge in [0.25, 0.3) is 5.91 Å². The van der Waals surface area contributed by atoms with Crippen molar-refractivity contribution < 1.29 is 4.79 Å². The number of benzene rings is 1. The summed E-state index contributed by atoms with van der Waals surface area (Å²) < 4.78 is 1.68. The molecule has 0 bridgehead atoms. The molecule has 2 aromatic heterocycles. The number of nitrogens with two attached hydrogens (primary N) is 1. The van der Waals surface area contributed by atoms with Gasteiger partial charge in [0.2, 0.25) is 0 Å². The summed E-state index contributed by atoms with van der Waals surface area (Å²) in [5, 5.41) is 9.33. The quantitative estimate of drug-likeness (QED) is 0.718. The van der Waals surface area contributed by atoms with Gasteiger partial charge < -0.3 is 10.6 Å². The summed E-state index contributed by atoms with van der Waals surface area (Å²) >= 11 is 0. The van der Waals surface area contributed by atoms with E-state index in [1.165, 1.54) is 0 Å². The van der Waals surface area contributed by atoms with Crippen molar-refractivity contribution in [2.24, 2.45) is 5.73 Å². The van der Waals surface area contributed by atoms with Crippen LogP contribution >= 0.6 is 24.8 Å². The molecule has 0 aliphatic carbocycles. The van der Waals surface area contributed by atoms with Gasteiger partial charge in [0.1, 0.15) is 0 Å². The third-order valence-electron chi connectivity index (χ3n) is 4.45. The molecule has 138 valence electrons. The molecule has 3 aromatic rings. The highest BCUT2D eigenvalue weighted by Gasteiger charge is 2.28. The van der Waals surface area contributed by atoms with Gasteiger partial charge in [-0.3, -0.25) is 9.78 Å². The van der Waals surface area contributed by atoms with Crippen LogP contribution < -0.4 is 5.73 Å². The van der Waals surface area contributed by atoms with Gasteiger partial charge in [-0.1, -0.05) is 23.4 Å². The molecule has 0 radical (unpaired) electrons. The van der Waals surface area contributed by atoms with Crippen molar-refractivity contribution in [1.29, 1.82) is 0 Å². The van der Waals surface area contributed by atoms with Gasteiger partial charge in [-0.2, -0.15) is 0 Å². The summed E-state index contributed by atoms with van der Waals surface area (Å²) in [6.07, 6.45) is 2.57. The molecule has 7 nitrogen and oxygen atoms in total. The Morgan fingerprint density at radius 1 is 1.23 bits per heavy atom. The molecule has 0 unspecified atom stereocenters. The van der Waals surface area contributed by atoms with E-state index in [2.05, 4.69) is 15.3 Å². The number of carbonyl (C=O) groups is 1. The zero-order chi connectivity index (χ0) is 16.7. The summed E-state index contributed by atoms with van der Waals surface area (Å²) in [6.45, 7) is 3.09. The Hall–Kier alpha value is -2.22. The van der Waals surface area contributed by atoms with Crippen LogP contribution in [0.25, 0.3) is 16.6 Å². The minimum absolute atomic E-state index is 0. The number of fused-ring (bicyclic) bond motifs is 1. The molecule has 1 aromatic carbocycles. The first-order valence-corrected chi connectivity index (χ1v) is 7.96. The molecule has 26 heavy (non-hydrogen) atoms. The van der Waals surface area contributed by atoms with E-state index in [0.717, 1.165) is 23.0 Å². The van der Waals surface area contributed by atoms with E-state index in [4.69, 9.17) is 5.73 Å². The third-order valence-corrected chi connectivity index (χ3v) is 4.45. The van der Waals surface area contributed by atoms with Gasteiger partial charge in [0.05, 0.1) is 16.9 Å². The van der Waals surface area contributed by atoms with Crippen LogP contribution in [0.1, 0.15) is 22.6 Å². The van der Waals surface area contributed by atoms with Gasteiger partial charge >= 0.3 is 0 Å². The number of aromatic nitrogens is 4. The first-order valence-electron chi connectivity index (χ1n) is 7.96. The molecule has 9 heteroatoms. The number of carbonyl (C=O) groups excluding carboxylic acids is 1. The van der Waals surface area contributed by atoms with Crippen LogP contribution in [-0.4, -0.2) is 49.9 Å². The lowest BCUT2D eigenvalue weighted by Gasteiger charge is -2.14. The first-order chi connectivity index (χ1) is 11.6. The number of para-hydroxylation sites is 1. The number of rotatable bonds is 2. The zero-order valence-corrected chi connectivity index (χ0v) is 15.8. The van der Waals surface area contributed by atoms with E-state index < -0.39 is 0 Å². The summed E-state index contributed by atoms with van der Waals surface area (Å²) in [5.41, 5.74) is 8.62. The number of hydrogen-bond donors (Lipinski definition) is 1. The molecule has 1 amide bonds. The van der Waals surface area contributed by atoms with Crippen LogP contribution in [0.3, 0.4) is 0 Å². The second-order valence-corrected chi connectivity index (χ2v) is 6.09. The van der Waals surface area contributed by atoms with Crippen molar-refractivity contribution >= 4 is 41.6 Å². The Bertz CT molecular complexity index is 923. The Morgan fingerprint density at radius 3 is 2.73 bits per heavy atom. The molecule has 0 spiro atoms. The van der Waals surface area contributed by atoms with E-state index in [1.807, 2.05) is 37.3 Å². The van der Waals surface area contributed by atoms with Crippen molar-refractivity contribution in [3.05, 3.63) is 47.9 Å². The number of hydrogen-bond acceptors (Lipinski definition) is 5. The largest absolute Gasteiger partial charge is 0.336 e. The number of pyridine rings is 1. The van der Waals surface area contributed by atoms with Crippen LogP contribution in [0.4, 0.5) is 0 Å². The highest BCUT2D eigenvalue weighted by molar-refractivity contribution is 5.94. The lowest BCUT2D eigenvalue weighted by molar-refractivity contribution is 0.0784. The second kappa shape index (κ2) is 7.99. The molecule has 1 fully saturated rings. The van der Waals surface area contributed by atoms with Crippen molar-refractivity contribution in [1.82, 2.24) is 24.9 Å². The Kier molecular flexibility index (Phi) is 6.17. The van der Waals surface area contributed by atoms with E-state index in [-0.39, 0.29) is 36.8 Å². The highest BCUT2D eigenvalue weighted by Crippen LogP contribution is 2.22. The van der Waals surface area contributed by atoms with E-state index >= 15 is 0 Å². The molecule has 0 saturated carbocycles. The minimum Gasteiger partial charge on any atom is -0.336 e. The summed E-state index contributed by atoms with van der Waals surface area (Å²) in [7, 11) is 0. The number of halogens is 2. The summed E-state index contributed by atoms with van der Waals surface area (Å²) in [5.74, 6) is -0.111. The normalized spacial score (nSPS) is 16.2. The molecule has 1 aliphatic rings. The lowest BCUT2D eigenvalue weighted by Crippen LogP contribution is -2.32. The Balaban J connectivity index is 0.00000121. The van der Waals surface area contributed by atoms with Gasteiger partial charge in [-0.05, 0) is 25.5 Å². The van der Waals surface area contributed by atoms with Crippen molar-refractivity contribution in [3.63, 3.8) is 0 Å². The second-order valence-electron chi connectivity index (χ2n) is 6.09. The molecule has 2 N–H and O–H groups in total. The van der Waals surface area contributed by atoms with Crippen molar-refractivity contribution in [2.45, 2.75) is 19.4 Å². The minimum atomic E-state index is -0.111. The number of likely N-dealkylation sites (tertiary alicyclic amines) is 1. The number of amides is 1. The molecule has 1 atom stereocenters. The first kappa shape index (κ1) is 20.1. The highest BCUT2D eigenvalue weighted by atomic mass is 35.5. The summed E-state index contributed by atoms with van der Waals surface area (Å²) in [6, 6.07) is 9.81. The maximum atomic E-state index is 12.7. The van der Waals surface area contributed by atoms with Crippen LogP contribution in [0.5, 0.6) is 0 Å². The lowest BCUT2D eigenvalue weighted by atomic mass is 10.2. The van der Waals surface area contributed by atoms with Gasteiger partial charge in [0.15, 0.2) is 5.69 Å². The smallest absolute Gasteiger partial charge is 0.276 e. The molecular formula is C17H20Cl2N6O. The van der Waals surface area contributed by atoms with E-state index in [0.29, 0.717) is 24.5 Å². The zero-order valence-electron chi connectivity index (χ0n) is 14.2. The molecule has 4 rings (SSSR count). The predicted molar refractivity (Wildman–Crippen MR) is 104 cm³/mol. The molecule has 3 heterocycles. The van der Waals surface area contributed by atoms with E-state index in [1.54, 1.807) is 15.8 Å². The van der Waals surface area contributed by atoms with Crippen molar-refractivity contribution in [2.75, 3.05) is 13.1 Å². The van der Waals surface area contributed by atoms with Crippen LogP contribution in [-0.2, 0) is 0 Å².